The Kier molecular flexibility index (Phi) is 6.57. The van der Waals surface area contributed by atoms with Crippen molar-refractivity contribution in [2.45, 2.75) is 136 Å². The Labute approximate surface area is 193 Å². The molecule has 31 heavy (non-hydrogen) atoms. The van der Waals surface area contributed by atoms with Crippen LogP contribution in [0.4, 0.5) is 0 Å². The third-order valence-corrected chi connectivity index (χ3v) is 12.4. The normalized spacial score (nSPS) is 49.5. The highest BCUT2D eigenvalue weighted by molar-refractivity contribution is 5.09. The van der Waals surface area contributed by atoms with Crippen molar-refractivity contribution >= 4 is 0 Å². The molecule has 0 bridgehead atoms. The molecule has 0 aliphatic heterocycles. The first kappa shape index (κ1) is 22.7. The van der Waals surface area contributed by atoms with Crippen molar-refractivity contribution in [3.05, 3.63) is 0 Å². The van der Waals surface area contributed by atoms with Gasteiger partial charge in [0.05, 0.1) is 6.10 Å². The van der Waals surface area contributed by atoms with Crippen molar-refractivity contribution in [3.8, 4) is 0 Å². The average molecular weight is 429 g/mol. The first-order valence-electron chi connectivity index (χ1n) is 14.6. The lowest BCUT2D eigenvalue weighted by Gasteiger charge is -2.61. The van der Waals surface area contributed by atoms with Crippen molar-refractivity contribution < 1.29 is 5.11 Å². The van der Waals surface area contributed by atoms with E-state index in [4.69, 9.17) is 0 Å². The zero-order chi connectivity index (χ0) is 21.6. The fourth-order valence-electron chi connectivity index (χ4n) is 10.6. The van der Waals surface area contributed by atoms with Crippen molar-refractivity contribution in [2.24, 2.45) is 52.3 Å². The molecule has 178 valence electrons. The quantitative estimate of drug-likeness (QED) is 0.446. The third kappa shape index (κ3) is 4.06. The van der Waals surface area contributed by atoms with E-state index in [9.17, 15) is 5.11 Å². The van der Waals surface area contributed by atoms with E-state index in [1.54, 1.807) is 0 Å². The van der Waals surface area contributed by atoms with E-state index < -0.39 is 0 Å². The Morgan fingerprint density at radius 3 is 2.26 bits per heavy atom. The highest BCUT2D eigenvalue weighted by Crippen LogP contribution is 2.68. The molecule has 0 aromatic rings. The Morgan fingerprint density at radius 2 is 1.48 bits per heavy atom. The van der Waals surface area contributed by atoms with Crippen molar-refractivity contribution in [1.29, 1.82) is 0 Å². The molecule has 0 saturated heterocycles. The molecule has 0 amide bonds. The van der Waals surface area contributed by atoms with Crippen LogP contribution in [0.5, 0.6) is 0 Å². The molecule has 0 aromatic carbocycles. The molecular weight excluding hydrogens is 376 g/mol. The fraction of sp³-hybridized carbons (Fsp3) is 1.00. The summed E-state index contributed by atoms with van der Waals surface area (Å²) in [7, 11) is 0. The Bertz CT molecular complexity index is 606. The molecule has 5 aliphatic rings. The summed E-state index contributed by atoms with van der Waals surface area (Å²) >= 11 is 0. The van der Waals surface area contributed by atoms with E-state index in [1.807, 2.05) is 0 Å². The van der Waals surface area contributed by atoms with Gasteiger partial charge in [0, 0.05) is 0 Å². The van der Waals surface area contributed by atoms with Gasteiger partial charge in [0.15, 0.2) is 0 Å². The van der Waals surface area contributed by atoms with Gasteiger partial charge in [-0.15, -0.1) is 0 Å². The van der Waals surface area contributed by atoms with Crippen LogP contribution in [0.1, 0.15) is 130 Å². The lowest BCUT2D eigenvalue weighted by molar-refractivity contribution is -0.129. The molecule has 1 unspecified atom stereocenters. The number of hydrogen-bond donors (Lipinski definition) is 1. The monoisotopic (exact) mass is 428 g/mol. The van der Waals surface area contributed by atoms with Gasteiger partial charge >= 0.3 is 0 Å². The highest BCUT2D eigenvalue weighted by Gasteiger charge is 2.60. The van der Waals surface area contributed by atoms with Crippen LogP contribution in [0.25, 0.3) is 0 Å². The molecule has 5 saturated carbocycles. The number of rotatable bonds is 4. The van der Waals surface area contributed by atoms with Gasteiger partial charge in [0.1, 0.15) is 0 Å². The van der Waals surface area contributed by atoms with E-state index in [1.165, 1.54) is 96.3 Å². The first-order valence-corrected chi connectivity index (χ1v) is 14.6. The summed E-state index contributed by atoms with van der Waals surface area (Å²) in [5, 5.41) is 10.3. The molecule has 0 heterocycles. The molecule has 0 aromatic heterocycles. The molecular formula is C30H52O. The van der Waals surface area contributed by atoms with Gasteiger partial charge in [0.2, 0.25) is 0 Å². The molecule has 5 aliphatic carbocycles. The van der Waals surface area contributed by atoms with Gasteiger partial charge in [-0.1, -0.05) is 72.1 Å². The topological polar surface area (TPSA) is 20.2 Å². The Hall–Kier alpha value is -0.0400. The highest BCUT2D eigenvalue weighted by atomic mass is 16.3. The second kappa shape index (κ2) is 8.96. The molecule has 1 heteroatoms. The smallest absolute Gasteiger partial charge is 0.0543 e. The van der Waals surface area contributed by atoms with Crippen LogP contribution in [0, 0.1) is 52.3 Å². The minimum absolute atomic E-state index is 0.00588. The zero-order valence-corrected chi connectivity index (χ0v) is 21.1. The molecule has 9 atom stereocenters. The summed E-state index contributed by atoms with van der Waals surface area (Å²) in [5.41, 5.74) is 1.16. The first-order chi connectivity index (χ1) is 14.9. The van der Waals surface area contributed by atoms with E-state index in [0.29, 0.717) is 10.8 Å². The SMILES string of the molecule is C[C@H](CCC1CCCCCC1)[C@H]1CC[C@H]2[C@@H]3CCC4C[C@@H](O)CC[C@]4(C)[C@H]3CC[C@]12C. The Morgan fingerprint density at radius 1 is 0.774 bits per heavy atom. The molecule has 5 rings (SSSR count). The second-order valence-electron chi connectivity index (χ2n) is 13.7. The van der Waals surface area contributed by atoms with Gasteiger partial charge in [-0.2, -0.15) is 0 Å². The van der Waals surface area contributed by atoms with Crippen LogP contribution in [0.15, 0.2) is 0 Å². The number of aliphatic hydroxyl groups excluding tert-OH is 1. The molecule has 0 radical (unpaired) electrons. The summed E-state index contributed by atoms with van der Waals surface area (Å²) in [6, 6.07) is 0. The van der Waals surface area contributed by atoms with Gasteiger partial charge in [-0.3, -0.25) is 0 Å². The standard InChI is InChI=1S/C30H52O/c1-21(10-11-22-8-6-4-5-7-9-22)26-14-15-27-25-13-12-23-20-24(31)16-18-29(23,2)28(25)17-19-30(26,27)3/h21-28,31H,4-20H2,1-3H3/t21-,23?,24+,25+,26-,27+,28+,29+,30-/m1/s1. The zero-order valence-electron chi connectivity index (χ0n) is 21.1. The van der Waals surface area contributed by atoms with Crippen molar-refractivity contribution in [2.75, 3.05) is 0 Å². The summed E-state index contributed by atoms with van der Waals surface area (Å²) in [5.74, 6) is 6.72. The fourth-order valence-corrected chi connectivity index (χ4v) is 10.6. The number of aliphatic hydroxyl groups is 1. The van der Waals surface area contributed by atoms with E-state index >= 15 is 0 Å². The Balaban J connectivity index is 1.24. The number of hydrogen-bond acceptors (Lipinski definition) is 1. The van der Waals surface area contributed by atoms with Crippen LogP contribution in [0.2, 0.25) is 0 Å². The predicted molar refractivity (Wildman–Crippen MR) is 131 cm³/mol. The summed E-state index contributed by atoms with van der Waals surface area (Å²) in [4.78, 5) is 0. The second-order valence-corrected chi connectivity index (χ2v) is 13.7. The largest absolute Gasteiger partial charge is 0.393 e. The molecule has 5 fully saturated rings. The molecule has 1 N–H and O–H groups in total. The third-order valence-electron chi connectivity index (χ3n) is 12.4. The van der Waals surface area contributed by atoms with Gasteiger partial charge in [-0.05, 0) is 110 Å². The summed E-state index contributed by atoms with van der Waals surface area (Å²) in [6.07, 6.45) is 24.4. The lowest BCUT2D eigenvalue weighted by Crippen LogP contribution is -2.54. The molecule has 1 nitrogen and oxygen atoms in total. The summed E-state index contributed by atoms with van der Waals surface area (Å²) in [6.45, 7) is 8.03. The maximum atomic E-state index is 10.3. The van der Waals surface area contributed by atoms with E-state index in [-0.39, 0.29) is 6.10 Å². The van der Waals surface area contributed by atoms with Gasteiger partial charge in [-0.25, -0.2) is 0 Å². The van der Waals surface area contributed by atoms with Crippen LogP contribution in [-0.2, 0) is 0 Å². The molecule has 0 spiro atoms. The maximum Gasteiger partial charge on any atom is 0.0543 e. The van der Waals surface area contributed by atoms with E-state index in [0.717, 1.165) is 54.3 Å². The minimum Gasteiger partial charge on any atom is -0.393 e. The predicted octanol–water partition coefficient (Wildman–Crippen LogP) is 8.39. The van der Waals surface area contributed by atoms with E-state index in [2.05, 4.69) is 20.8 Å². The van der Waals surface area contributed by atoms with Crippen LogP contribution >= 0.6 is 0 Å². The summed E-state index contributed by atoms with van der Waals surface area (Å²) < 4.78 is 0. The van der Waals surface area contributed by atoms with Gasteiger partial charge < -0.3 is 5.11 Å². The van der Waals surface area contributed by atoms with Crippen molar-refractivity contribution in [1.82, 2.24) is 0 Å². The van der Waals surface area contributed by atoms with Crippen LogP contribution in [-0.4, -0.2) is 11.2 Å². The van der Waals surface area contributed by atoms with Crippen LogP contribution in [0.3, 0.4) is 0 Å². The minimum atomic E-state index is -0.00588. The van der Waals surface area contributed by atoms with Crippen LogP contribution < -0.4 is 0 Å². The maximum absolute atomic E-state index is 10.3. The number of fused-ring (bicyclic) bond motifs is 5. The van der Waals surface area contributed by atoms with Crippen molar-refractivity contribution in [3.63, 3.8) is 0 Å². The lowest BCUT2D eigenvalue weighted by atomic mass is 9.44. The average Bonchev–Trinajstić information content (AvgIpc) is 2.92. The van der Waals surface area contributed by atoms with Gasteiger partial charge in [0.25, 0.3) is 0 Å².